The molecule has 3 N–H and O–H groups in total. The smallest absolute Gasteiger partial charge is 0.316 e. The first-order valence-electron chi connectivity index (χ1n) is 10.7. The zero-order valence-electron chi connectivity index (χ0n) is 18.6. The molecule has 0 saturated heterocycles. The number of H-pyrrole nitrogens is 1. The van der Waals surface area contributed by atoms with Crippen molar-refractivity contribution in [2.75, 3.05) is 7.11 Å². The van der Waals surface area contributed by atoms with Crippen LogP contribution in [0.4, 0.5) is 4.79 Å². The van der Waals surface area contributed by atoms with Gasteiger partial charge in [-0.05, 0) is 55.7 Å². The molecule has 0 aliphatic rings. The van der Waals surface area contributed by atoms with Gasteiger partial charge in [0.05, 0.1) is 29.7 Å². The van der Waals surface area contributed by atoms with E-state index >= 15 is 0 Å². The van der Waals surface area contributed by atoms with Crippen molar-refractivity contribution >= 4 is 17.1 Å². The number of urea groups is 1. The summed E-state index contributed by atoms with van der Waals surface area (Å²) >= 11 is 0. The van der Waals surface area contributed by atoms with E-state index < -0.39 is 5.54 Å². The highest BCUT2D eigenvalue weighted by Gasteiger charge is 2.25. The number of imidazole rings is 1. The molecular formula is C26H28N4O2. The van der Waals surface area contributed by atoms with Crippen LogP contribution in [0.5, 0.6) is 5.75 Å². The maximum absolute atomic E-state index is 13.0. The number of benzene rings is 3. The number of aromatic amines is 1. The normalized spacial score (nSPS) is 12.3. The second kappa shape index (κ2) is 9.14. The standard InChI is InChI=1S/C26H28N4O2/c1-26(2,19-9-5-4-6-10-19)30-25(31)29-23(17-18-13-15-20(32-3)16-14-18)24-27-21-11-7-8-12-22(21)28-24/h4-16,23H,17H2,1-3H3,(H,27,28)(H2,29,30,31). The molecule has 1 aromatic heterocycles. The molecule has 0 radical (unpaired) electrons. The zero-order valence-corrected chi connectivity index (χ0v) is 18.6. The van der Waals surface area contributed by atoms with Crippen molar-refractivity contribution < 1.29 is 9.53 Å². The van der Waals surface area contributed by atoms with Crippen LogP contribution in [0.15, 0.2) is 78.9 Å². The predicted octanol–water partition coefficient (Wildman–Crippen LogP) is 5.09. The van der Waals surface area contributed by atoms with Crippen molar-refractivity contribution in [3.63, 3.8) is 0 Å². The van der Waals surface area contributed by atoms with E-state index in [2.05, 4.69) is 15.6 Å². The van der Waals surface area contributed by atoms with Crippen molar-refractivity contribution in [1.82, 2.24) is 20.6 Å². The Bertz CT molecular complexity index is 1150. The Labute approximate surface area is 188 Å². The average molecular weight is 429 g/mol. The first kappa shape index (κ1) is 21.4. The second-order valence-corrected chi connectivity index (χ2v) is 8.33. The summed E-state index contributed by atoms with van der Waals surface area (Å²) in [6.45, 7) is 3.98. The van der Waals surface area contributed by atoms with Crippen LogP contribution in [-0.2, 0) is 12.0 Å². The van der Waals surface area contributed by atoms with Gasteiger partial charge in [0.25, 0.3) is 0 Å². The molecular weight excluding hydrogens is 400 g/mol. The quantitative estimate of drug-likeness (QED) is 0.384. The molecule has 0 saturated carbocycles. The summed E-state index contributed by atoms with van der Waals surface area (Å²) in [5.41, 5.74) is 3.39. The Morgan fingerprint density at radius 2 is 1.69 bits per heavy atom. The molecule has 0 bridgehead atoms. The number of carbonyl (C=O) groups excluding carboxylic acids is 1. The van der Waals surface area contributed by atoms with E-state index in [0.717, 1.165) is 33.7 Å². The minimum absolute atomic E-state index is 0.252. The van der Waals surface area contributed by atoms with Gasteiger partial charge in [-0.3, -0.25) is 0 Å². The van der Waals surface area contributed by atoms with Gasteiger partial charge in [0, 0.05) is 0 Å². The number of nitrogens with zero attached hydrogens (tertiary/aromatic N) is 1. The third-order valence-electron chi connectivity index (χ3n) is 5.56. The fraction of sp³-hybridized carbons (Fsp3) is 0.231. The lowest BCUT2D eigenvalue weighted by Crippen LogP contribution is -2.47. The minimum atomic E-state index is -0.524. The van der Waals surface area contributed by atoms with Crippen LogP contribution >= 0.6 is 0 Å². The molecule has 164 valence electrons. The van der Waals surface area contributed by atoms with E-state index in [9.17, 15) is 4.79 Å². The molecule has 2 amide bonds. The number of hydrogen-bond donors (Lipinski definition) is 3. The molecule has 1 atom stereocenters. The number of hydrogen-bond acceptors (Lipinski definition) is 3. The Kier molecular flexibility index (Phi) is 6.12. The van der Waals surface area contributed by atoms with Crippen molar-refractivity contribution in [3.05, 3.63) is 95.8 Å². The lowest BCUT2D eigenvalue weighted by Gasteiger charge is -2.28. The highest BCUT2D eigenvalue weighted by Crippen LogP contribution is 2.23. The first-order valence-corrected chi connectivity index (χ1v) is 10.7. The van der Waals surface area contributed by atoms with Crippen molar-refractivity contribution in [2.45, 2.75) is 31.8 Å². The van der Waals surface area contributed by atoms with Gasteiger partial charge in [-0.1, -0.05) is 54.6 Å². The molecule has 0 aliphatic heterocycles. The van der Waals surface area contributed by atoms with Gasteiger partial charge in [-0.15, -0.1) is 0 Å². The summed E-state index contributed by atoms with van der Waals surface area (Å²) in [4.78, 5) is 21.1. The Hall–Kier alpha value is -3.80. The molecule has 1 heterocycles. The predicted molar refractivity (Wildman–Crippen MR) is 127 cm³/mol. The minimum Gasteiger partial charge on any atom is -0.497 e. The Morgan fingerprint density at radius 3 is 2.38 bits per heavy atom. The van der Waals surface area contributed by atoms with E-state index in [1.807, 2.05) is 92.7 Å². The summed E-state index contributed by atoms with van der Waals surface area (Å²) in [5, 5.41) is 6.22. The number of nitrogens with one attached hydrogen (secondary N) is 3. The summed E-state index contributed by atoms with van der Waals surface area (Å²) in [5.74, 6) is 1.51. The van der Waals surface area contributed by atoms with Crippen molar-refractivity contribution in [1.29, 1.82) is 0 Å². The number of para-hydroxylation sites is 2. The van der Waals surface area contributed by atoms with E-state index in [1.54, 1.807) is 7.11 Å². The SMILES string of the molecule is COc1ccc(CC(NC(=O)NC(C)(C)c2ccccc2)c2nc3ccccc3[nH]2)cc1. The average Bonchev–Trinajstić information content (AvgIpc) is 3.24. The number of fused-ring (bicyclic) bond motifs is 1. The molecule has 4 rings (SSSR count). The monoisotopic (exact) mass is 428 g/mol. The van der Waals surface area contributed by atoms with Crippen LogP contribution in [0.25, 0.3) is 11.0 Å². The zero-order chi connectivity index (χ0) is 22.6. The van der Waals surface area contributed by atoms with Gasteiger partial charge in [-0.2, -0.15) is 0 Å². The number of aromatic nitrogens is 2. The molecule has 3 aromatic carbocycles. The van der Waals surface area contributed by atoms with Gasteiger partial charge >= 0.3 is 6.03 Å². The summed E-state index contributed by atoms with van der Waals surface area (Å²) < 4.78 is 5.26. The van der Waals surface area contributed by atoms with Crippen LogP contribution in [0.2, 0.25) is 0 Å². The molecule has 4 aromatic rings. The highest BCUT2D eigenvalue weighted by atomic mass is 16.5. The number of amides is 2. The number of carbonyl (C=O) groups is 1. The van der Waals surface area contributed by atoms with E-state index in [1.165, 1.54) is 0 Å². The fourth-order valence-electron chi connectivity index (χ4n) is 3.76. The van der Waals surface area contributed by atoms with E-state index in [4.69, 9.17) is 9.72 Å². The summed E-state index contributed by atoms with van der Waals surface area (Å²) in [6, 6.07) is 25.0. The van der Waals surface area contributed by atoms with Gasteiger partial charge < -0.3 is 20.4 Å². The van der Waals surface area contributed by atoms with E-state index in [0.29, 0.717) is 6.42 Å². The maximum atomic E-state index is 13.0. The summed E-state index contributed by atoms with van der Waals surface area (Å²) in [7, 11) is 1.65. The van der Waals surface area contributed by atoms with Crippen LogP contribution in [0, 0.1) is 0 Å². The van der Waals surface area contributed by atoms with Gasteiger partial charge in [0.2, 0.25) is 0 Å². The Morgan fingerprint density at radius 1 is 1.00 bits per heavy atom. The molecule has 0 spiro atoms. The van der Waals surface area contributed by atoms with Gasteiger partial charge in [0.15, 0.2) is 0 Å². The molecule has 0 aliphatic carbocycles. The number of ether oxygens (including phenoxy) is 1. The fourth-order valence-corrected chi connectivity index (χ4v) is 3.76. The number of methoxy groups -OCH3 is 1. The van der Waals surface area contributed by atoms with Crippen LogP contribution in [-0.4, -0.2) is 23.1 Å². The first-order chi connectivity index (χ1) is 15.4. The maximum Gasteiger partial charge on any atom is 0.316 e. The second-order valence-electron chi connectivity index (χ2n) is 8.33. The largest absolute Gasteiger partial charge is 0.497 e. The van der Waals surface area contributed by atoms with Crippen molar-refractivity contribution in [2.24, 2.45) is 0 Å². The molecule has 32 heavy (non-hydrogen) atoms. The molecule has 6 heteroatoms. The van der Waals surface area contributed by atoms with Crippen LogP contribution in [0.3, 0.4) is 0 Å². The van der Waals surface area contributed by atoms with Crippen molar-refractivity contribution in [3.8, 4) is 5.75 Å². The summed E-state index contributed by atoms with van der Waals surface area (Å²) in [6.07, 6.45) is 0.586. The van der Waals surface area contributed by atoms with Gasteiger partial charge in [-0.25, -0.2) is 9.78 Å². The molecule has 1 unspecified atom stereocenters. The van der Waals surface area contributed by atoms with Gasteiger partial charge in [0.1, 0.15) is 11.6 Å². The molecule has 0 fully saturated rings. The lowest BCUT2D eigenvalue weighted by molar-refractivity contribution is 0.225. The topological polar surface area (TPSA) is 79.0 Å². The van der Waals surface area contributed by atoms with Crippen LogP contribution < -0.4 is 15.4 Å². The Balaban J connectivity index is 1.57. The van der Waals surface area contributed by atoms with Crippen LogP contribution in [0.1, 0.15) is 36.8 Å². The van der Waals surface area contributed by atoms with E-state index in [-0.39, 0.29) is 12.1 Å². The lowest BCUT2D eigenvalue weighted by atomic mass is 9.94. The third-order valence-corrected chi connectivity index (χ3v) is 5.56. The highest BCUT2D eigenvalue weighted by molar-refractivity contribution is 5.77. The molecule has 6 nitrogen and oxygen atoms in total. The number of rotatable bonds is 7. The third kappa shape index (κ3) is 4.91.